The Morgan fingerprint density at radius 1 is 1.16 bits per heavy atom. The van der Waals surface area contributed by atoms with Crippen molar-refractivity contribution in [3.8, 4) is 6.01 Å². The normalized spacial score (nSPS) is 9.84. The highest BCUT2D eigenvalue weighted by molar-refractivity contribution is 5.75. The smallest absolute Gasteiger partial charge is 0.322 e. The van der Waals surface area contributed by atoms with E-state index in [9.17, 15) is 4.79 Å². The van der Waals surface area contributed by atoms with Gasteiger partial charge in [-0.3, -0.25) is 4.79 Å². The topological polar surface area (TPSA) is 101 Å². The summed E-state index contributed by atoms with van der Waals surface area (Å²) in [4.78, 5) is 23.4. The van der Waals surface area contributed by atoms with Gasteiger partial charge in [-0.05, 0) is 6.42 Å². The van der Waals surface area contributed by atoms with E-state index in [0.717, 1.165) is 13.0 Å². The Balaban J connectivity index is 2.62. The summed E-state index contributed by atoms with van der Waals surface area (Å²) in [6.07, 6.45) is 1.32. The molecule has 0 atom stereocenters. The van der Waals surface area contributed by atoms with Crippen LogP contribution in [0.15, 0.2) is 0 Å². The predicted octanol–water partition coefficient (Wildman–Crippen LogP) is 0.250. The first-order valence-corrected chi connectivity index (χ1v) is 6.18. The first-order valence-electron chi connectivity index (χ1n) is 6.18. The second-order valence-electron chi connectivity index (χ2n) is 3.75. The van der Waals surface area contributed by atoms with E-state index in [1.165, 1.54) is 7.11 Å². The number of carbonyl (C=O) groups excluding carboxylic acids is 1. The number of hydrogen-bond donors (Lipinski definition) is 3. The molecule has 0 unspecified atom stereocenters. The van der Waals surface area contributed by atoms with E-state index < -0.39 is 0 Å². The quantitative estimate of drug-likeness (QED) is 0.621. The average molecular weight is 268 g/mol. The zero-order valence-electron chi connectivity index (χ0n) is 11.5. The molecule has 1 aromatic heterocycles. The van der Waals surface area contributed by atoms with Gasteiger partial charge in [-0.25, -0.2) is 0 Å². The molecule has 0 saturated carbocycles. The molecule has 0 aliphatic carbocycles. The summed E-state index contributed by atoms with van der Waals surface area (Å²) in [5.41, 5.74) is 0. The maximum absolute atomic E-state index is 11.1. The van der Waals surface area contributed by atoms with E-state index in [2.05, 4.69) is 30.9 Å². The molecule has 0 saturated heterocycles. The van der Waals surface area contributed by atoms with Gasteiger partial charge in [0.2, 0.25) is 17.8 Å². The zero-order chi connectivity index (χ0) is 14.1. The summed E-state index contributed by atoms with van der Waals surface area (Å²) in [6, 6.07) is 0.232. The van der Waals surface area contributed by atoms with Crippen LogP contribution in [0, 0.1) is 0 Å². The molecule has 8 nitrogen and oxygen atoms in total. The highest BCUT2D eigenvalue weighted by Gasteiger charge is 2.06. The monoisotopic (exact) mass is 268 g/mol. The third-order valence-electron chi connectivity index (χ3n) is 2.24. The second-order valence-corrected chi connectivity index (χ2v) is 3.75. The third-order valence-corrected chi connectivity index (χ3v) is 2.24. The van der Waals surface area contributed by atoms with Crippen LogP contribution < -0.4 is 20.7 Å². The van der Waals surface area contributed by atoms with Gasteiger partial charge in [-0.15, -0.1) is 0 Å². The van der Waals surface area contributed by atoms with E-state index in [4.69, 9.17) is 4.74 Å². The van der Waals surface area contributed by atoms with Crippen LogP contribution in [0.2, 0.25) is 0 Å². The van der Waals surface area contributed by atoms with Crippen LogP contribution in [0.5, 0.6) is 6.01 Å². The lowest BCUT2D eigenvalue weighted by Crippen LogP contribution is -2.21. The molecule has 1 amide bonds. The predicted molar refractivity (Wildman–Crippen MR) is 72.3 cm³/mol. The van der Waals surface area contributed by atoms with Crippen molar-refractivity contribution >= 4 is 17.8 Å². The van der Waals surface area contributed by atoms with Crippen molar-refractivity contribution in [3.05, 3.63) is 0 Å². The van der Waals surface area contributed by atoms with Crippen LogP contribution >= 0.6 is 0 Å². The largest absolute Gasteiger partial charge is 0.467 e. The fraction of sp³-hybridized carbons (Fsp3) is 0.636. The van der Waals surface area contributed by atoms with Crippen LogP contribution in [0.1, 0.15) is 19.8 Å². The van der Waals surface area contributed by atoms with Gasteiger partial charge >= 0.3 is 6.01 Å². The number of aromatic nitrogens is 3. The molecule has 0 aliphatic heterocycles. The molecule has 1 heterocycles. The molecular weight excluding hydrogens is 248 g/mol. The number of hydrogen-bond acceptors (Lipinski definition) is 7. The highest BCUT2D eigenvalue weighted by atomic mass is 16.5. The Kier molecular flexibility index (Phi) is 6.34. The van der Waals surface area contributed by atoms with E-state index in [-0.39, 0.29) is 11.9 Å². The van der Waals surface area contributed by atoms with Crippen molar-refractivity contribution in [3.63, 3.8) is 0 Å². The number of methoxy groups -OCH3 is 1. The SMILES string of the molecule is CCCNc1nc(NCCC(=O)NC)nc(OC)n1. The molecule has 0 radical (unpaired) electrons. The lowest BCUT2D eigenvalue weighted by molar-refractivity contribution is -0.120. The van der Waals surface area contributed by atoms with Crippen molar-refractivity contribution in [2.75, 3.05) is 37.9 Å². The van der Waals surface area contributed by atoms with E-state index >= 15 is 0 Å². The minimum absolute atomic E-state index is 0.0437. The first kappa shape index (κ1) is 14.9. The maximum atomic E-state index is 11.1. The van der Waals surface area contributed by atoms with Gasteiger partial charge in [0, 0.05) is 26.6 Å². The molecule has 0 aliphatic rings. The lowest BCUT2D eigenvalue weighted by Gasteiger charge is -2.08. The Morgan fingerprint density at radius 3 is 2.32 bits per heavy atom. The van der Waals surface area contributed by atoms with Gasteiger partial charge in [-0.2, -0.15) is 15.0 Å². The van der Waals surface area contributed by atoms with Gasteiger partial charge in [0.25, 0.3) is 0 Å². The molecule has 0 aromatic carbocycles. The van der Waals surface area contributed by atoms with Crippen molar-refractivity contribution in [1.82, 2.24) is 20.3 Å². The van der Waals surface area contributed by atoms with Gasteiger partial charge in [0.15, 0.2) is 0 Å². The zero-order valence-corrected chi connectivity index (χ0v) is 11.5. The lowest BCUT2D eigenvalue weighted by atomic mass is 10.4. The molecule has 1 aromatic rings. The third kappa shape index (κ3) is 5.36. The number of ether oxygens (including phenoxy) is 1. The maximum Gasteiger partial charge on any atom is 0.322 e. The molecule has 106 valence electrons. The van der Waals surface area contributed by atoms with Crippen LogP contribution in [0.3, 0.4) is 0 Å². The molecule has 0 spiro atoms. The summed E-state index contributed by atoms with van der Waals surface area (Å²) in [6.45, 7) is 3.26. The van der Waals surface area contributed by atoms with Gasteiger partial charge in [0.1, 0.15) is 0 Å². The average Bonchev–Trinajstić information content (AvgIpc) is 2.44. The van der Waals surface area contributed by atoms with E-state index in [1.807, 2.05) is 6.92 Å². The molecule has 0 fully saturated rings. The van der Waals surface area contributed by atoms with Crippen molar-refractivity contribution in [1.29, 1.82) is 0 Å². The van der Waals surface area contributed by atoms with Crippen LogP contribution in [0.4, 0.5) is 11.9 Å². The fourth-order valence-corrected chi connectivity index (χ4v) is 1.26. The Hall–Kier alpha value is -2.12. The Bertz CT molecular complexity index is 412. The standard InChI is InChI=1S/C11H20N6O2/c1-4-6-13-9-15-10(17-11(16-9)19-3)14-7-5-8(18)12-2/h4-7H2,1-3H3,(H,12,18)(H2,13,14,15,16,17). The second kappa shape index (κ2) is 8.06. The van der Waals surface area contributed by atoms with Crippen molar-refractivity contribution < 1.29 is 9.53 Å². The van der Waals surface area contributed by atoms with Gasteiger partial charge in [-0.1, -0.05) is 6.92 Å². The number of amides is 1. The summed E-state index contributed by atoms with van der Waals surface area (Å²) in [5, 5.41) is 8.56. The number of nitrogens with one attached hydrogen (secondary N) is 3. The van der Waals surface area contributed by atoms with E-state index in [1.54, 1.807) is 7.05 Å². The summed E-state index contributed by atoms with van der Waals surface area (Å²) in [5.74, 6) is 0.795. The minimum atomic E-state index is -0.0437. The number of carbonyl (C=O) groups is 1. The van der Waals surface area contributed by atoms with Gasteiger partial charge < -0.3 is 20.7 Å². The molecule has 8 heteroatoms. The van der Waals surface area contributed by atoms with Crippen LogP contribution in [-0.2, 0) is 4.79 Å². The van der Waals surface area contributed by atoms with Crippen LogP contribution in [0.25, 0.3) is 0 Å². The van der Waals surface area contributed by atoms with Crippen molar-refractivity contribution in [2.45, 2.75) is 19.8 Å². The molecule has 3 N–H and O–H groups in total. The Morgan fingerprint density at radius 2 is 1.79 bits per heavy atom. The number of rotatable bonds is 8. The first-order chi connectivity index (χ1) is 9.19. The Labute approximate surface area is 112 Å². The fourth-order valence-electron chi connectivity index (χ4n) is 1.26. The number of anilines is 2. The van der Waals surface area contributed by atoms with Crippen LogP contribution in [-0.4, -0.2) is 48.1 Å². The van der Waals surface area contributed by atoms with Crippen molar-refractivity contribution in [2.24, 2.45) is 0 Å². The molecule has 0 bridgehead atoms. The summed E-state index contributed by atoms with van der Waals surface area (Å²) >= 11 is 0. The highest BCUT2D eigenvalue weighted by Crippen LogP contribution is 2.10. The summed E-state index contributed by atoms with van der Waals surface area (Å²) < 4.78 is 5.00. The van der Waals surface area contributed by atoms with Gasteiger partial charge in [0.05, 0.1) is 7.11 Å². The molecule has 19 heavy (non-hydrogen) atoms. The minimum Gasteiger partial charge on any atom is -0.467 e. The molecule has 1 rings (SSSR count). The van der Waals surface area contributed by atoms with E-state index in [0.29, 0.717) is 24.9 Å². The summed E-state index contributed by atoms with van der Waals surface area (Å²) in [7, 11) is 3.09. The number of nitrogens with zero attached hydrogens (tertiary/aromatic N) is 3. The molecular formula is C11H20N6O2.